The van der Waals surface area contributed by atoms with E-state index < -0.39 is 198 Å². The molecule has 0 bridgehead atoms. The molecule has 8 N–H and O–H groups in total. The van der Waals surface area contributed by atoms with Crippen LogP contribution in [0.2, 0.25) is 0 Å². The number of amides is 7. The summed E-state index contributed by atoms with van der Waals surface area (Å²) < 4.78 is 34.1. The molecule has 0 unspecified atom stereocenters. The van der Waals surface area contributed by atoms with Gasteiger partial charge in [0.1, 0.15) is 36.3 Å². The molecule has 1 aliphatic rings. The normalized spacial score (nSPS) is 26.4. The SMILES string of the molecule is CC(C)C[C@H]1OC(=O)[C@H](CCC(=O)NCCCCC(=O)O)NC(=O)[C@H](C(C)C)OC(=O)[C@@H](C)NC(=O)[C@@H](CC(C)C)OC(=O)[C@H](C(C)C)NC(=O)[C@H](C(C)C)OC(=O)[C@@H](C)NC(=O)[C@@H](CC(C)C)OC(=O)[C@H](C(C)C)NC(=O)[C@H](C(C)C)OC(=O)[C@@H](C)NC1=O. The molecular weight excluding hydrogens is 1180 g/mol. The molecule has 90 heavy (non-hydrogen) atoms. The highest BCUT2D eigenvalue weighted by molar-refractivity contribution is 5.96. The number of hydrogen-bond donors (Lipinski definition) is 8. The maximum absolute atomic E-state index is 14.3. The third-order valence-electron chi connectivity index (χ3n) is 14.0. The Labute approximate surface area is 529 Å². The van der Waals surface area contributed by atoms with Crippen molar-refractivity contribution in [3.05, 3.63) is 0 Å². The van der Waals surface area contributed by atoms with Crippen molar-refractivity contribution in [1.29, 1.82) is 0 Å². The number of unbranched alkanes of at least 4 members (excludes halogenated alkanes) is 1. The van der Waals surface area contributed by atoms with E-state index in [1.54, 1.807) is 96.9 Å². The van der Waals surface area contributed by atoms with E-state index >= 15 is 0 Å². The van der Waals surface area contributed by atoms with Crippen LogP contribution in [0.4, 0.5) is 0 Å². The van der Waals surface area contributed by atoms with Crippen LogP contribution in [0.5, 0.6) is 0 Å². The molecule has 512 valence electrons. The molecule has 0 aromatic carbocycles. The van der Waals surface area contributed by atoms with E-state index in [0.29, 0.717) is 6.42 Å². The minimum absolute atomic E-state index is 0.0609. The number of rotatable bonds is 19. The van der Waals surface area contributed by atoms with Crippen molar-refractivity contribution >= 4 is 83.1 Å². The van der Waals surface area contributed by atoms with E-state index in [0.717, 1.165) is 0 Å². The number of ether oxygens (including phenoxy) is 6. The van der Waals surface area contributed by atoms with Crippen LogP contribution in [0.1, 0.15) is 183 Å². The highest BCUT2D eigenvalue weighted by atomic mass is 16.6. The third kappa shape index (κ3) is 28.6. The van der Waals surface area contributed by atoms with Crippen molar-refractivity contribution in [2.45, 2.75) is 256 Å². The van der Waals surface area contributed by atoms with Gasteiger partial charge in [-0.25, -0.2) is 28.8 Å². The van der Waals surface area contributed by atoms with Crippen LogP contribution in [0.15, 0.2) is 0 Å². The minimum atomic E-state index is -1.70. The second-order valence-electron chi connectivity index (χ2n) is 25.9. The van der Waals surface area contributed by atoms with Crippen molar-refractivity contribution in [2.75, 3.05) is 6.54 Å². The lowest BCUT2D eigenvalue weighted by atomic mass is 10.0. The highest BCUT2D eigenvalue weighted by Gasteiger charge is 2.41. The largest absolute Gasteiger partial charge is 0.481 e. The van der Waals surface area contributed by atoms with Crippen LogP contribution in [-0.4, -0.2) is 168 Å². The van der Waals surface area contributed by atoms with Crippen LogP contribution >= 0.6 is 0 Å². The van der Waals surface area contributed by atoms with Gasteiger partial charge in [0.2, 0.25) is 5.91 Å². The predicted octanol–water partition coefficient (Wildman–Crippen LogP) is 3.01. The Bertz CT molecular complexity index is 2470. The van der Waals surface area contributed by atoms with Crippen molar-refractivity contribution < 1.29 is 101 Å². The number of esters is 6. The zero-order chi connectivity index (χ0) is 69.2. The molecule has 0 saturated carbocycles. The fourth-order valence-corrected chi connectivity index (χ4v) is 8.78. The summed E-state index contributed by atoms with van der Waals surface area (Å²) in [6.45, 7) is 29.7. The molecule has 28 nitrogen and oxygen atoms in total. The number of carbonyl (C=O) groups is 14. The molecule has 7 amide bonds. The number of carboxylic acids is 1. The zero-order valence-corrected chi connectivity index (χ0v) is 56.0. The number of carboxylic acid groups (broad SMARTS) is 1. The van der Waals surface area contributed by atoms with Crippen LogP contribution in [0.25, 0.3) is 0 Å². The fourth-order valence-electron chi connectivity index (χ4n) is 8.78. The van der Waals surface area contributed by atoms with E-state index in [1.807, 2.05) is 0 Å². The number of hydrogen-bond acceptors (Lipinski definition) is 20. The average molecular weight is 1280 g/mol. The number of cyclic esters (lactones) is 6. The van der Waals surface area contributed by atoms with Gasteiger partial charge in [-0.05, 0) is 107 Å². The lowest BCUT2D eigenvalue weighted by Gasteiger charge is -2.29. The molecule has 1 rings (SSSR count). The van der Waals surface area contributed by atoms with Crippen molar-refractivity contribution in [3.63, 3.8) is 0 Å². The summed E-state index contributed by atoms with van der Waals surface area (Å²) in [6.07, 6.45) is -10.3. The molecule has 1 aliphatic heterocycles. The summed E-state index contributed by atoms with van der Waals surface area (Å²) in [7, 11) is 0. The van der Waals surface area contributed by atoms with Crippen LogP contribution in [0, 0.1) is 47.3 Å². The molecule has 0 spiro atoms. The first-order valence-corrected chi connectivity index (χ1v) is 31.2. The smallest absolute Gasteiger partial charge is 0.329 e. The van der Waals surface area contributed by atoms with E-state index in [-0.39, 0.29) is 56.4 Å². The predicted molar refractivity (Wildman–Crippen MR) is 324 cm³/mol. The second kappa shape index (κ2) is 39.0. The van der Waals surface area contributed by atoms with Gasteiger partial charge in [0.05, 0.1) is 0 Å². The highest BCUT2D eigenvalue weighted by Crippen LogP contribution is 2.20. The van der Waals surface area contributed by atoms with Gasteiger partial charge in [-0.2, -0.15) is 0 Å². The molecule has 0 aromatic heterocycles. The molecule has 1 fully saturated rings. The van der Waals surface area contributed by atoms with E-state index in [1.165, 1.54) is 34.6 Å². The van der Waals surface area contributed by atoms with E-state index in [4.69, 9.17) is 33.5 Å². The maximum Gasteiger partial charge on any atom is 0.329 e. The van der Waals surface area contributed by atoms with E-state index in [2.05, 4.69) is 37.2 Å². The zero-order valence-electron chi connectivity index (χ0n) is 56.0. The molecule has 0 radical (unpaired) electrons. The Balaban J connectivity index is 4.03. The molecule has 28 heteroatoms. The summed E-state index contributed by atoms with van der Waals surface area (Å²) in [5.74, 6) is -18.7. The topological polar surface area (TPSA) is 399 Å². The molecule has 1 heterocycles. The molecule has 0 aromatic rings. The average Bonchev–Trinajstić information content (AvgIpc) is 1.11. The van der Waals surface area contributed by atoms with Crippen LogP contribution in [0.3, 0.4) is 0 Å². The summed E-state index contributed by atoms with van der Waals surface area (Å²) >= 11 is 0. The Hall–Kier alpha value is -7.42. The lowest BCUT2D eigenvalue weighted by Crippen LogP contribution is -2.55. The monoisotopic (exact) mass is 1280 g/mol. The van der Waals surface area contributed by atoms with Gasteiger partial charge in [0.15, 0.2) is 36.6 Å². The van der Waals surface area contributed by atoms with Crippen molar-refractivity contribution in [2.24, 2.45) is 47.3 Å². The minimum Gasteiger partial charge on any atom is -0.481 e. The van der Waals surface area contributed by atoms with Gasteiger partial charge in [-0.15, -0.1) is 0 Å². The van der Waals surface area contributed by atoms with Gasteiger partial charge in [-0.1, -0.05) is 111 Å². The van der Waals surface area contributed by atoms with Crippen LogP contribution < -0.4 is 37.2 Å². The van der Waals surface area contributed by atoms with Crippen molar-refractivity contribution in [1.82, 2.24) is 37.2 Å². The first-order valence-electron chi connectivity index (χ1n) is 31.2. The standard InChI is InChI=1S/C62H103N7O21/c1-29(2)26-41-51(73)64-38(18)58(80)89-49(35(13)14)55(77)68-47(33(9)10)62(84)87-43(28-31(5)6)53(75)66-39(19)59(81)90-50(36(15)16)56(78)69-46(32(7)8)61(83)86-42(27-30(3)4)52(74)65-37(17)57(79)88-48(34(11)12)54(76)67-40(60(82)85-41)23-24-44(70)63-25-21-20-22-45(71)72/h29-43,46-50H,20-28H2,1-19H3,(H,63,70)(H,64,73)(H,65,74)(H,66,75)(H,67,76)(H,68,77)(H,69,78)(H,71,72)/t37-,38-,39-,40+,41-,42-,43-,46+,47+,48+,49+,50+/m1/s1. The number of aliphatic carboxylic acids is 1. The van der Waals surface area contributed by atoms with Gasteiger partial charge in [0, 0.05) is 19.4 Å². The van der Waals surface area contributed by atoms with Gasteiger partial charge in [0.25, 0.3) is 35.4 Å². The Morgan fingerprint density at radius 1 is 0.389 bits per heavy atom. The summed E-state index contributed by atoms with van der Waals surface area (Å²) in [5.41, 5.74) is 0. The van der Waals surface area contributed by atoms with Crippen molar-refractivity contribution in [3.8, 4) is 0 Å². The van der Waals surface area contributed by atoms with Gasteiger partial charge < -0.3 is 70.7 Å². The van der Waals surface area contributed by atoms with Gasteiger partial charge in [-0.3, -0.25) is 38.4 Å². The number of carbonyl (C=O) groups excluding carboxylic acids is 13. The first kappa shape index (κ1) is 80.6. The van der Waals surface area contributed by atoms with Crippen LogP contribution in [-0.2, 0) is 95.5 Å². The Kier molecular flexibility index (Phi) is 34.9. The molecule has 1 saturated heterocycles. The third-order valence-corrected chi connectivity index (χ3v) is 14.0. The first-order chi connectivity index (χ1) is 41.7. The maximum atomic E-state index is 14.3. The summed E-state index contributed by atoms with van der Waals surface area (Å²) in [6, 6.07) is -9.05. The Morgan fingerprint density at radius 3 is 0.989 bits per heavy atom. The summed E-state index contributed by atoms with van der Waals surface area (Å²) in [5, 5.41) is 26.6. The lowest BCUT2D eigenvalue weighted by molar-refractivity contribution is -0.167. The molecular formula is C62H103N7O21. The quantitative estimate of drug-likeness (QED) is 0.0523. The van der Waals surface area contributed by atoms with Gasteiger partial charge >= 0.3 is 41.8 Å². The summed E-state index contributed by atoms with van der Waals surface area (Å²) in [4.78, 5) is 192. The second-order valence-corrected chi connectivity index (χ2v) is 25.9. The van der Waals surface area contributed by atoms with E-state index in [9.17, 15) is 67.1 Å². The molecule has 12 atom stereocenters. The molecule has 0 aliphatic carbocycles. The fraction of sp³-hybridized carbons (Fsp3) is 0.774. The Morgan fingerprint density at radius 2 is 0.700 bits per heavy atom. The number of nitrogens with one attached hydrogen (secondary N) is 7.